The average Bonchev–Trinajstić information content (AvgIpc) is 2.72. The maximum Gasteiger partial charge on any atom is 0.303 e. The Morgan fingerprint density at radius 2 is 1.64 bits per heavy atom. The smallest absolute Gasteiger partial charge is 0.303 e. The molecule has 0 saturated carbocycles. The van der Waals surface area contributed by atoms with Crippen molar-refractivity contribution >= 4 is 46.2 Å². The van der Waals surface area contributed by atoms with Crippen molar-refractivity contribution in [2.24, 2.45) is 0 Å². The van der Waals surface area contributed by atoms with E-state index in [9.17, 15) is 9.59 Å². The fraction of sp³-hybridized carbons (Fsp3) is 0.438. The fourth-order valence-corrected chi connectivity index (χ4v) is 3.11. The van der Waals surface area contributed by atoms with Gasteiger partial charge in [-0.25, -0.2) is 9.13 Å². The zero-order valence-electron chi connectivity index (χ0n) is 13.6. The molecule has 0 fully saturated rings. The Labute approximate surface area is 165 Å². The average molecular weight is 454 g/mol. The lowest BCUT2D eigenvalue weighted by Crippen LogP contribution is -3.00. The first kappa shape index (κ1) is 21.7. The molecule has 6 nitrogen and oxygen atoms in total. The van der Waals surface area contributed by atoms with Crippen molar-refractivity contribution in [1.82, 2.24) is 4.57 Å². The summed E-state index contributed by atoms with van der Waals surface area (Å²) in [4.78, 5) is 21.5. The highest BCUT2D eigenvalue weighted by Gasteiger charge is 2.23. The van der Waals surface area contributed by atoms with E-state index in [0.29, 0.717) is 36.0 Å². The number of aryl methyl sites for hydroxylation is 2. The lowest BCUT2D eigenvalue weighted by molar-refractivity contribution is -0.678. The summed E-state index contributed by atoms with van der Waals surface area (Å²) in [5, 5.41) is 18.5. The molecule has 0 amide bonds. The van der Waals surface area contributed by atoms with Crippen LogP contribution < -0.4 is 21.5 Å². The number of nitrogens with zero attached hydrogens (tertiary/aromatic N) is 2. The first-order valence-electron chi connectivity index (χ1n) is 7.62. The van der Waals surface area contributed by atoms with E-state index in [-0.39, 0.29) is 29.8 Å². The quantitative estimate of drug-likeness (QED) is 0.562. The monoisotopic (exact) mass is 452 g/mol. The molecule has 2 rings (SSSR count). The van der Waals surface area contributed by atoms with E-state index in [0.717, 1.165) is 16.9 Å². The Balaban J connectivity index is 0.00000312. The molecule has 0 bridgehead atoms. The van der Waals surface area contributed by atoms with Crippen LogP contribution in [0.3, 0.4) is 0 Å². The van der Waals surface area contributed by atoms with Gasteiger partial charge in [0.2, 0.25) is 0 Å². The van der Waals surface area contributed by atoms with Crippen LogP contribution in [0.4, 0.5) is 0 Å². The maximum atomic E-state index is 10.7. The van der Waals surface area contributed by atoms with Crippen LogP contribution in [0.2, 0.25) is 10.0 Å². The Hall–Kier alpha value is -1.31. The first-order valence-corrected chi connectivity index (χ1v) is 8.38. The lowest BCUT2D eigenvalue weighted by Gasteiger charge is -2.01. The molecule has 0 saturated heterocycles. The van der Waals surface area contributed by atoms with Crippen molar-refractivity contribution < 1.29 is 41.4 Å². The van der Waals surface area contributed by atoms with E-state index in [1.807, 2.05) is 16.1 Å². The van der Waals surface area contributed by atoms with Crippen LogP contribution in [0.25, 0.3) is 11.0 Å². The third-order valence-electron chi connectivity index (χ3n) is 3.93. The number of imidazole rings is 1. The number of aliphatic carboxylic acids is 2. The van der Waals surface area contributed by atoms with Crippen LogP contribution in [-0.2, 0) is 22.7 Å². The fourth-order valence-electron chi connectivity index (χ4n) is 2.79. The Bertz CT molecular complexity index is 729. The second-order valence-electron chi connectivity index (χ2n) is 5.60. The van der Waals surface area contributed by atoms with Crippen molar-refractivity contribution in [2.45, 2.75) is 45.7 Å². The van der Waals surface area contributed by atoms with Gasteiger partial charge in [-0.2, -0.15) is 0 Å². The molecule has 1 aromatic heterocycles. The van der Waals surface area contributed by atoms with Crippen molar-refractivity contribution in [3.8, 4) is 0 Å². The topological polar surface area (TPSA) is 83.4 Å². The Kier molecular flexibility index (Phi) is 8.18. The number of hydrogen-bond acceptors (Lipinski definition) is 2. The van der Waals surface area contributed by atoms with Crippen molar-refractivity contribution in [2.75, 3.05) is 0 Å². The van der Waals surface area contributed by atoms with E-state index in [4.69, 9.17) is 33.4 Å². The highest BCUT2D eigenvalue weighted by Crippen LogP contribution is 2.28. The number of carbonyl (C=O) groups is 2. The zero-order valence-corrected chi connectivity index (χ0v) is 16.7. The highest BCUT2D eigenvalue weighted by molar-refractivity contribution is 6.42. The van der Waals surface area contributed by atoms with Gasteiger partial charge < -0.3 is 27.2 Å². The number of carboxylic acid groups (broad SMARTS) is 2. The van der Waals surface area contributed by atoms with Gasteiger partial charge in [-0.05, 0) is 12.8 Å². The standard InChI is InChI=1S/C16H18Cl2N2O4.BrH/c1-10-19(6-2-4-15(21)22)13-8-11(17)12(18)9-14(13)20(10)7-3-5-16(23)24;/h8-9H,2-7H2,1H3,(H-,21,22,23,24);1H. The van der Waals surface area contributed by atoms with Gasteiger partial charge in [-0.3, -0.25) is 9.59 Å². The van der Waals surface area contributed by atoms with Gasteiger partial charge in [0, 0.05) is 31.9 Å². The summed E-state index contributed by atoms with van der Waals surface area (Å²) in [5.74, 6) is -0.752. The molecule has 0 spiro atoms. The Morgan fingerprint density at radius 3 is 2.24 bits per heavy atom. The van der Waals surface area contributed by atoms with Gasteiger partial charge >= 0.3 is 11.9 Å². The summed E-state index contributed by atoms with van der Waals surface area (Å²) in [6.45, 7) is 3.00. The van der Waals surface area contributed by atoms with E-state index in [2.05, 4.69) is 0 Å². The van der Waals surface area contributed by atoms with Crippen LogP contribution in [0.1, 0.15) is 31.5 Å². The van der Waals surface area contributed by atoms with Crippen molar-refractivity contribution in [1.29, 1.82) is 0 Å². The molecule has 25 heavy (non-hydrogen) atoms. The number of benzene rings is 1. The summed E-state index contributed by atoms with van der Waals surface area (Å²) in [6.07, 6.45) is 1.16. The number of fused-ring (bicyclic) bond motifs is 1. The van der Waals surface area contributed by atoms with Crippen LogP contribution in [-0.4, -0.2) is 26.7 Å². The number of halogens is 3. The van der Waals surface area contributed by atoms with Crippen LogP contribution >= 0.6 is 23.2 Å². The minimum Gasteiger partial charge on any atom is -1.00 e. The summed E-state index contributed by atoms with van der Waals surface area (Å²) < 4.78 is 4.00. The van der Waals surface area contributed by atoms with Gasteiger partial charge in [0.15, 0.2) is 11.0 Å². The SMILES string of the molecule is Cc1n(CCCC(=O)O)c2cc(Cl)c(Cl)cc2[n+]1CCCC(=O)O.[Br-]. The van der Waals surface area contributed by atoms with Crippen molar-refractivity contribution in [3.05, 3.63) is 28.0 Å². The molecule has 0 unspecified atom stereocenters. The van der Waals surface area contributed by atoms with E-state index < -0.39 is 11.9 Å². The molecule has 9 heteroatoms. The molecule has 2 N–H and O–H groups in total. The van der Waals surface area contributed by atoms with Crippen LogP contribution in [0.15, 0.2) is 12.1 Å². The molecule has 1 heterocycles. The molecule has 2 aromatic rings. The second kappa shape index (κ2) is 9.40. The molecule has 0 aliphatic rings. The summed E-state index contributed by atoms with van der Waals surface area (Å²) >= 11 is 12.3. The predicted octanol–water partition coefficient (Wildman–Crippen LogP) is 0.278. The van der Waals surface area contributed by atoms with Crippen LogP contribution in [0, 0.1) is 6.92 Å². The first-order chi connectivity index (χ1) is 11.3. The van der Waals surface area contributed by atoms with Crippen molar-refractivity contribution in [3.63, 3.8) is 0 Å². The second-order valence-corrected chi connectivity index (χ2v) is 6.41. The summed E-state index contributed by atoms with van der Waals surface area (Å²) in [7, 11) is 0. The Morgan fingerprint density at radius 1 is 1.08 bits per heavy atom. The molecule has 0 atom stereocenters. The van der Waals surface area contributed by atoms with Gasteiger partial charge in [0.25, 0.3) is 5.82 Å². The molecule has 138 valence electrons. The molecule has 1 aromatic carbocycles. The largest absolute Gasteiger partial charge is 1.00 e. The maximum absolute atomic E-state index is 10.7. The number of hydrogen-bond donors (Lipinski definition) is 2. The summed E-state index contributed by atoms with van der Waals surface area (Å²) in [6, 6.07) is 3.53. The lowest BCUT2D eigenvalue weighted by atomic mass is 10.2. The molecule has 0 aliphatic heterocycles. The van der Waals surface area contributed by atoms with Gasteiger partial charge in [0.05, 0.1) is 23.1 Å². The highest BCUT2D eigenvalue weighted by atomic mass is 79.9. The minimum absolute atomic E-state index is 0. The summed E-state index contributed by atoms with van der Waals surface area (Å²) in [5.41, 5.74) is 1.73. The number of aromatic nitrogens is 2. The van der Waals surface area contributed by atoms with Gasteiger partial charge in [-0.1, -0.05) is 23.2 Å². The van der Waals surface area contributed by atoms with Crippen LogP contribution in [0.5, 0.6) is 0 Å². The van der Waals surface area contributed by atoms with E-state index in [1.54, 1.807) is 12.1 Å². The van der Waals surface area contributed by atoms with E-state index >= 15 is 0 Å². The number of rotatable bonds is 8. The molecule has 0 aliphatic carbocycles. The predicted molar refractivity (Wildman–Crippen MR) is 90.6 cm³/mol. The third kappa shape index (κ3) is 5.33. The minimum atomic E-state index is -0.834. The van der Waals surface area contributed by atoms with Gasteiger partial charge in [-0.15, -0.1) is 0 Å². The molecular weight excluding hydrogens is 435 g/mol. The third-order valence-corrected chi connectivity index (χ3v) is 4.65. The zero-order chi connectivity index (χ0) is 17.9. The molecule has 0 radical (unpaired) electrons. The van der Waals surface area contributed by atoms with E-state index in [1.165, 1.54) is 0 Å². The number of carboxylic acids is 2. The molecular formula is C16H19BrCl2N2O4. The van der Waals surface area contributed by atoms with Gasteiger partial charge in [0.1, 0.15) is 0 Å². The normalized spacial score (nSPS) is 10.7.